The van der Waals surface area contributed by atoms with Crippen LogP contribution in [-0.4, -0.2) is 37.9 Å². The van der Waals surface area contributed by atoms with E-state index in [9.17, 15) is 9.59 Å². The van der Waals surface area contributed by atoms with Crippen LogP contribution in [0.5, 0.6) is 0 Å². The van der Waals surface area contributed by atoms with E-state index >= 15 is 0 Å². The molecule has 0 rings (SSSR count). The van der Waals surface area contributed by atoms with Gasteiger partial charge in [-0.05, 0) is 103 Å². The van der Waals surface area contributed by atoms with E-state index < -0.39 is 6.10 Å². The molecule has 0 aliphatic heterocycles. The summed E-state index contributed by atoms with van der Waals surface area (Å²) in [6.07, 6.45) is 64.8. The molecule has 0 radical (unpaired) electrons. The lowest BCUT2D eigenvalue weighted by Crippen LogP contribution is -2.30. The molecule has 5 heteroatoms. The Morgan fingerprint density at radius 2 is 0.783 bits per heavy atom. The summed E-state index contributed by atoms with van der Waals surface area (Å²) in [6, 6.07) is 0. The normalized spacial score (nSPS) is 12.8. The lowest BCUT2D eigenvalue weighted by atomic mass is 10.1. The Hall–Kier alpha value is -2.66. The topological polar surface area (TPSA) is 61.8 Å². The minimum Gasteiger partial charge on any atom is -0.462 e. The van der Waals surface area contributed by atoms with Crippen molar-refractivity contribution in [2.24, 2.45) is 0 Å². The maximum atomic E-state index is 12.8. The van der Waals surface area contributed by atoms with Gasteiger partial charge in [-0.15, -0.1) is 0 Å². The maximum Gasteiger partial charge on any atom is 0.306 e. The Morgan fingerprint density at radius 1 is 0.383 bits per heavy atom. The second-order valence-corrected chi connectivity index (χ2v) is 16.7. The Bertz CT molecular complexity index is 1080. The van der Waals surface area contributed by atoms with Gasteiger partial charge in [0.25, 0.3) is 0 Å². The van der Waals surface area contributed by atoms with Crippen LogP contribution >= 0.6 is 0 Å². The van der Waals surface area contributed by atoms with Crippen LogP contribution in [0.25, 0.3) is 0 Å². The molecule has 1 unspecified atom stereocenters. The van der Waals surface area contributed by atoms with Crippen molar-refractivity contribution >= 4 is 11.9 Å². The smallest absolute Gasteiger partial charge is 0.306 e. The lowest BCUT2D eigenvalue weighted by molar-refractivity contribution is -0.163. The van der Waals surface area contributed by atoms with Crippen molar-refractivity contribution in [3.05, 3.63) is 72.9 Å². The molecule has 1 atom stereocenters. The first kappa shape index (κ1) is 57.3. The summed E-state index contributed by atoms with van der Waals surface area (Å²) in [4.78, 5) is 25.3. The van der Waals surface area contributed by atoms with Crippen LogP contribution in [0.2, 0.25) is 0 Å². The maximum absolute atomic E-state index is 12.8. The molecular formula is C55H96O5. The monoisotopic (exact) mass is 837 g/mol. The Kier molecular flexibility index (Phi) is 48.4. The van der Waals surface area contributed by atoms with Gasteiger partial charge in [0, 0.05) is 19.4 Å². The molecule has 0 aromatic carbocycles. The average molecular weight is 837 g/mol. The second-order valence-electron chi connectivity index (χ2n) is 16.7. The zero-order chi connectivity index (χ0) is 43.5. The summed E-state index contributed by atoms with van der Waals surface area (Å²) < 4.78 is 17.4. The largest absolute Gasteiger partial charge is 0.462 e. The van der Waals surface area contributed by atoms with E-state index in [1.165, 1.54) is 109 Å². The molecule has 5 nitrogen and oxygen atoms in total. The Morgan fingerprint density at radius 3 is 1.30 bits per heavy atom. The van der Waals surface area contributed by atoms with Gasteiger partial charge in [0.05, 0.1) is 6.61 Å². The van der Waals surface area contributed by atoms with Gasteiger partial charge >= 0.3 is 11.9 Å². The van der Waals surface area contributed by atoms with Gasteiger partial charge in [0.1, 0.15) is 6.61 Å². The van der Waals surface area contributed by atoms with Crippen molar-refractivity contribution in [1.82, 2.24) is 0 Å². The van der Waals surface area contributed by atoms with Gasteiger partial charge in [-0.3, -0.25) is 9.59 Å². The van der Waals surface area contributed by atoms with Gasteiger partial charge in [-0.25, -0.2) is 0 Å². The van der Waals surface area contributed by atoms with E-state index in [2.05, 4.69) is 93.7 Å². The Labute approximate surface area is 372 Å². The van der Waals surface area contributed by atoms with Crippen LogP contribution in [0.1, 0.15) is 239 Å². The first-order valence-corrected chi connectivity index (χ1v) is 25.5. The molecule has 0 N–H and O–H groups in total. The number of esters is 2. The van der Waals surface area contributed by atoms with Crippen molar-refractivity contribution in [2.45, 2.75) is 245 Å². The third-order valence-corrected chi connectivity index (χ3v) is 10.7. The molecule has 60 heavy (non-hydrogen) atoms. The zero-order valence-electron chi connectivity index (χ0n) is 39.7. The molecule has 0 amide bonds. The summed E-state index contributed by atoms with van der Waals surface area (Å²) in [5.41, 5.74) is 0. The van der Waals surface area contributed by atoms with Crippen LogP contribution in [0.4, 0.5) is 0 Å². The molecule has 0 spiro atoms. The van der Waals surface area contributed by atoms with E-state index in [0.29, 0.717) is 19.4 Å². The lowest BCUT2D eigenvalue weighted by Gasteiger charge is -2.18. The molecule has 0 saturated carbocycles. The van der Waals surface area contributed by atoms with Gasteiger partial charge < -0.3 is 14.2 Å². The number of carbonyl (C=O) groups is 2. The van der Waals surface area contributed by atoms with Crippen LogP contribution in [0.15, 0.2) is 72.9 Å². The van der Waals surface area contributed by atoms with Gasteiger partial charge in [0.15, 0.2) is 6.10 Å². The SMILES string of the molecule is CC/C=C\C/C=C\C/C=C\CCCCCC(=O)OCC(COCCCCCCCCCC/C=C\CCCCCCCC)OC(=O)CCCCCCC/C=C\C/C=C\CCC. The van der Waals surface area contributed by atoms with Gasteiger partial charge in [-0.1, -0.05) is 196 Å². The highest BCUT2D eigenvalue weighted by atomic mass is 16.6. The van der Waals surface area contributed by atoms with Crippen molar-refractivity contribution in [3.63, 3.8) is 0 Å². The first-order chi connectivity index (χ1) is 29.6. The summed E-state index contributed by atoms with van der Waals surface area (Å²) >= 11 is 0. The minimum atomic E-state index is -0.558. The summed E-state index contributed by atoms with van der Waals surface area (Å²) in [7, 11) is 0. The summed E-state index contributed by atoms with van der Waals surface area (Å²) in [6.45, 7) is 7.60. The molecule has 0 aliphatic rings. The number of hydrogen-bond donors (Lipinski definition) is 0. The van der Waals surface area contributed by atoms with Crippen molar-refractivity contribution in [2.75, 3.05) is 19.8 Å². The highest BCUT2D eigenvalue weighted by Crippen LogP contribution is 2.13. The number of unbranched alkanes of at least 4 members (excludes halogenated alkanes) is 23. The molecule has 0 heterocycles. The van der Waals surface area contributed by atoms with E-state index in [0.717, 1.165) is 96.3 Å². The molecule has 0 fully saturated rings. The summed E-state index contributed by atoms with van der Waals surface area (Å²) in [5, 5.41) is 0. The number of rotatable bonds is 46. The minimum absolute atomic E-state index is 0.0614. The van der Waals surface area contributed by atoms with Crippen LogP contribution in [0, 0.1) is 0 Å². The van der Waals surface area contributed by atoms with Crippen LogP contribution < -0.4 is 0 Å². The van der Waals surface area contributed by atoms with Crippen LogP contribution in [0.3, 0.4) is 0 Å². The Balaban J connectivity index is 4.30. The van der Waals surface area contributed by atoms with Crippen molar-refractivity contribution < 1.29 is 23.8 Å². The summed E-state index contributed by atoms with van der Waals surface area (Å²) in [5.74, 6) is -0.448. The quantitative estimate of drug-likeness (QED) is 0.0347. The van der Waals surface area contributed by atoms with Crippen molar-refractivity contribution in [3.8, 4) is 0 Å². The predicted octanol–water partition coefficient (Wildman–Crippen LogP) is 17.1. The number of ether oxygens (including phenoxy) is 3. The highest BCUT2D eigenvalue weighted by Gasteiger charge is 2.17. The van der Waals surface area contributed by atoms with Crippen LogP contribution in [-0.2, 0) is 23.8 Å². The number of hydrogen-bond acceptors (Lipinski definition) is 5. The fraction of sp³-hybridized carbons (Fsp3) is 0.745. The highest BCUT2D eigenvalue weighted by molar-refractivity contribution is 5.70. The molecule has 346 valence electrons. The molecule has 0 aromatic heterocycles. The molecule has 0 aliphatic carbocycles. The number of allylic oxidation sites excluding steroid dienone is 12. The zero-order valence-corrected chi connectivity index (χ0v) is 39.7. The van der Waals surface area contributed by atoms with Gasteiger partial charge in [0.2, 0.25) is 0 Å². The van der Waals surface area contributed by atoms with E-state index in [1.807, 2.05) is 0 Å². The first-order valence-electron chi connectivity index (χ1n) is 25.5. The standard InChI is InChI=1S/C55H96O5/c1-4-7-10-13-16-19-22-25-26-27-28-29-32-35-38-41-44-47-50-58-51-53(60-55(57)49-46-43-40-37-34-31-24-21-18-15-12-9-6-3)52-59-54(56)48-45-42-39-36-33-30-23-20-17-14-11-8-5-2/h8,11-12,15,17,20-21,24-26,30,33,53H,4-7,9-10,13-14,16,18-19,22-23,27-29,31-32,34-52H2,1-3H3/b11-8-,15-12-,20-17-,24-21-,26-25-,33-30-. The number of carbonyl (C=O) groups excluding carboxylic acids is 2. The third-order valence-electron chi connectivity index (χ3n) is 10.7. The molecule has 0 saturated heterocycles. The average Bonchev–Trinajstić information content (AvgIpc) is 3.25. The predicted molar refractivity (Wildman–Crippen MR) is 260 cm³/mol. The fourth-order valence-corrected chi connectivity index (χ4v) is 6.91. The second kappa shape index (κ2) is 50.7. The van der Waals surface area contributed by atoms with Crippen molar-refractivity contribution in [1.29, 1.82) is 0 Å². The van der Waals surface area contributed by atoms with E-state index in [1.54, 1.807) is 0 Å². The third kappa shape index (κ3) is 48.0. The molecular weight excluding hydrogens is 741 g/mol. The fourth-order valence-electron chi connectivity index (χ4n) is 6.91. The molecule has 0 bridgehead atoms. The van der Waals surface area contributed by atoms with E-state index in [4.69, 9.17) is 14.2 Å². The van der Waals surface area contributed by atoms with E-state index in [-0.39, 0.29) is 25.2 Å². The van der Waals surface area contributed by atoms with Gasteiger partial charge in [-0.2, -0.15) is 0 Å². The molecule has 0 aromatic rings.